The molecule has 6 nitrogen and oxygen atoms in total. The van der Waals surface area contributed by atoms with Crippen LogP contribution in [0.5, 0.6) is 5.75 Å². The van der Waals surface area contributed by atoms with E-state index in [1.54, 1.807) is 19.1 Å². The highest BCUT2D eigenvalue weighted by Crippen LogP contribution is 2.30. The normalized spacial score (nSPS) is 10.8. The first kappa shape index (κ1) is 17.4. The smallest absolute Gasteiger partial charge is 0.231 e. The highest BCUT2D eigenvalue weighted by Gasteiger charge is 2.22. The van der Waals surface area contributed by atoms with Crippen LogP contribution in [0.1, 0.15) is 13.8 Å². The van der Waals surface area contributed by atoms with Crippen molar-refractivity contribution in [2.75, 3.05) is 32.3 Å². The Kier molecular flexibility index (Phi) is 6.06. The average molecular weight is 335 g/mol. The minimum atomic E-state index is -0.111. The SMILES string of the molecule is COCCN(C(=O)C(C)C)c1nnc(-c2ccc(OC)cc2)s1. The van der Waals surface area contributed by atoms with E-state index >= 15 is 0 Å². The lowest BCUT2D eigenvalue weighted by atomic mass is 10.2. The highest BCUT2D eigenvalue weighted by molar-refractivity contribution is 7.18. The molecule has 1 amide bonds. The van der Waals surface area contributed by atoms with Crippen LogP contribution in [0.3, 0.4) is 0 Å². The summed E-state index contributed by atoms with van der Waals surface area (Å²) < 4.78 is 10.2. The predicted molar refractivity (Wildman–Crippen MR) is 91.0 cm³/mol. The molecule has 0 bridgehead atoms. The van der Waals surface area contributed by atoms with Crippen molar-refractivity contribution in [3.8, 4) is 16.3 Å². The minimum Gasteiger partial charge on any atom is -0.497 e. The van der Waals surface area contributed by atoms with E-state index in [1.165, 1.54) is 11.3 Å². The molecule has 0 saturated carbocycles. The van der Waals surface area contributed by atoms with Gasteiger partial charge < -0.3 is 9.47 Å². The van der Waals surface area contributed by atoms with Crippen molar-refractivity contribution in [2.24, 2.45) is 5.92 Å². The van der Waals surface area contributed by atoms with Crippen molar-refractivity contribution in [1.82, 2.24) is 10.2 Å². The molecule has 7 heteroatoms. The summed E-state index contributed by atoms with van der Waals surface area (Å²) in [4.78, 5) is 14.0. The number of carbonyl (C=O) groups is 1. The number of carbonyl (C=O) groups excluding carboxylic acids is 1. The molecular weight excluding hydrogens is 314 g/mol. The maximum absolute atomic E-state index is 12.4. The average Bonchev–Trinajstić information content (AvgIpc) is 3.04. The Bertz CT molecular complexity index is 640. The molecule has 124 valence electrons. The number of rotatable bonds is 7. The van der Waals surface area contributed by atoms with Gasteiger partial charge in [-0.3, -0.25) is 9.69 Å². The van der Waals surface area contributed by atoms with Crippen molar-refractivity contribution >= 4 is 22.4 Å². The van der Waals surface area contributed by atoms with Gasteiger partial charge >= 0.3 is 0 Å². The van der Waals surface area contributed by atoms with Gasteiger partial charge in [-0.25, -0.2) is 0 Å². The maximum Gasteiger partial charge on any atom is 0.231 e. The number of anilines is 1. The number of hydrogen-bond donors (Lipinski definition) is 0. The van der Waals surface area contributed by atoms with Crippen molar-refractivity contribution in [3.63, 3.8) is 0 Å². The number of nitrogens with zero attached hydrogens (tertiary/aromatic N) is 3. The van der Waals surface area contributed by atoms with Gasteiger partial charge in [0.15, 0.2) is 0 Å². The quantitative estimate of drug-likeness (QED) is 0.778. The highest BCUT2D eigenvalue weighted by atomic mass is 32.1. The van der Waals surface area contributed by atoms with Crippen molar-refractivity contribution in [2.45, 2.75) is 13.8 Å². The largest absolute Gasteiger partial charge is 0.497 e. The molecule has 1 heterocycles. The molecule has 0 aliphatic carbocycles. The Morgan fingerprint density at radius 1 is 1.22 bits per heavy atom. The number of methoxy groups -OCH3 is 2. The second-order valence-electron chi connectivity index (χ2n) is 5.26. The Morgan fingerprint density at radius 2 is 1.91 bits per heavy atom. The molecular formula is C16H21N3O3S. The van der Waals surface area contributed by atoms with Crippen LogP contribution < -0.4 is 9.64 Å². The lowest BCUT2D eigenvalue weighted by molar-refractivity contribution is -0.121. The Balaban J connectivity index is 2.24. The molecule has 0 fully saturated rings. The summed E-state index contributed by atoms with van der Waals surface area (Å²) in [6.45, 7) is 4.65. The van der Waals surface area contributed by atoms with Gasteiger partial charge in [-0.2, -0.15) is 0 Å². The fourth-order valence-corrected chi connectivity index (χ4v) is 2.85. The van der Waals surface area contributed by atoms with E-state index in [0.717, 1.165) is 16.3 Å². The van der Waals surface area contributed by atoms with Crippen molar-refractivity contribution in [1.29, 1.82) is 0 Å². The third-order valence-electron chi connectivity index (χ3n) is 3.26. The van der Waals surface area contributed by atoms with Crippen LogP contribution in [0.2, 0.25) is 0 Å². The van der Waals surface area contributed by atoms with Crippen LogP contribution in [0.4, 0.5) is 5.13 Å². The lowest BCUT2D eigenvalue weighted by Crippen LogP contribution is -2.36. The maximum atomic E-state index is 12.4. The zero-order valence-electron chi connectivity index (χ0n) is 13.8. The van der Waals surface area contributed by atoms with Crippen LogP contribution in [-0.2, 0) is 9.53 Å². The third-order valence-corrected chi connectivity index (χ3v) is 4.26. The predicted octanol–water partition coefficient (Wildman–Crippen LogP) is 2.85. The zero-order chi connectivity index (χ0) is 16.8. The summed E-state index contributed by atoms with van der Waals surface area (Å²) in [5.74, 6) is 0.690. The molecule has 0 aliphatic heterocycles. The second-order valence-corrected chi connectivity index (χ2v) is 6.21. The van der Waals surface area contributed by atoms with Gasteiger partial charge in [-0.1, -0.05) is 25.2 Å². The van der Waals surface area contributed by atoms with E-state index in [0.29, 0.717) is 18.3 Å². The standard InChI is InChI=1S/C16H21N3O3S/c1-11(2)15(20)19(9-10-21-3)16-18-17-14(23-16)12-5-7-13(22-4)8-6-12/h5-8,11H,9-10H2,1-4H3. The number of amides is 1. The van der Waals surface area contributed by atoms with Gasteiger partial charge in [0.25, 0.3) is 0 Å². The van der Waals surface area contributed by atoms with E-state index in [4.69, 9.17) is 9.47 Å². The van der Waals surface area contributed by atoms with E-state index in [1.807, 2.05) is 38.1 Å². The Hall–Kier alpha value is -1.99. The number of benzene rings is 1. The third kappa shape index (κ3) is 4.27. The summed E-state index contributed by atoms with van der Waals surface area (Å²) in [6, 6.07) is 7.59. The van der Waals surface area contributed by atoms with Gasteiger partial charge in [0.05, 0.1) is 20.3 Å². The zero-order valence-corrected chi connectivity index (χ0v) is 14.6. The molecule has 0 saturated heterocycles. The van der Waals surface area contributed by atoms with E-state index in [2.05, 4.69) is 10.2 Å². The summed E-state index contributed by atoms with van der Waals surface area (Å²) in [7, 11) is 3.24. The second kappa shape index (κ2) is 8.03. The van der Waals surface area contributed by atoms with Crippen molar-refractivity contribution in [3.05, 3.63) is 24.3 Å². The fourth-order valence-electron chi connectivity index (χ4n) is 1.97. The van der Waals surface area contributed by atoms with E-state index < -0.39 is 0 Å². The molecule has 0 atom stereocenters. The van der Waals surface area contributed by atoms with Crippen LogP contribution >= 0.6 is 11.3 Å². The molecule has 0 N–H and O–H groups in total. The van der Waals surface area contributed by atoms with E-state index in [-0.39, 0.29) is 11.8 Å². The number of ether oxygens (including phenoxy) is 2. The molecule has 2 rings (SSSR count). The van der Waals surface area contributed by atoms with Crippen LogP contribution in [-0.4, -0.2) is 43.5 Å². The molecule has 0 unspecified atom stereocenters. The molecule has 0 aliphatic rings. The molecule has 0 spiro atoms. The number of aromatic nitrogens is 2. The van der Waals surface area contributed by atoms with Crippen LogP contribution in [0.15, 0.2) is 24.3 Å². The molecule has 1 aromatic carbocycles. The van der Waals surface area contributed by atoms with Crippen LogP contribution in [0.25, 0.3) is 10.6 Å². The Morgan fingerprint density at radius 3 is 2.48 bits per heavy atom. The topological polar surface area (TPSA) is 64.5 Å². The van der Waals surface area contributed by atoms with Crippen LogP contribution in [0, 0.1) is 5.92 Å². The summed E-state index contributed by atoms with van der Waals surface area (Å²) in [6.07, 6.45) is 0. The number of hydrogen-bond acceptors (Lipinski definition) is 6. The van der Waals surface area contributed by atoms with Gasteiger partial charge in [-0.05, 0) is 24.3 Å². The van der Waals surface area contributed by atoms with Crippen molar-refractivity contribution < 1.29 is 14.3 Å². The van der Waals surface area contributed by atoms with Gasteiger partial charge in [-0.15, -0.1) is 10.2 Å². The fraction of sp³-hybridized carbons (Fsp3) is 0.438. The lowest BCUT2D eigenvalue weighted by Gasteiger charge is -2.20. The van der Waals surface area contributed by atoms with Gasteiger partial charge in [0.1, 0.15) is 10.8 Å². The Labute approximate surface area is 140 Å². The molecule has 1 aromatic heterocycles. The first-order valence-corrected chi connectivity index (χ1v) is 8.16. The first-order valence-electron chi connectivity index (χ1n) is 7.35. The van der Waals surface area contributed by atoms with E-state index in [9.17, 15) is 4.79 Å². The summed E-state index contributed by atoms with van der Waals surface area (Å²) >= 11 is 1.39. The van der Waals surface area contributed by atoms with Gasteiger partial charge in [0, 0.05) is 18.6 Å². The minimum absolute atomic E-state index is 0.0134. The monoisotopic (exact) mass is 335 g/mol. The summed E-state index contributed by atoms with van der Waals surface area (Å²) in [5, 5.41) is 9.74. The first-order chi connectivity index (χ1) is 11.1. The molecule has 0 radical (unpaired) electrons. The summed E-state index contributed by atoms with van der Waals surface area (Å²) in [5.41, 5.74) is 0.943. The molecule has 23 heavy (non-hydrogen) atoms. The van der Waals surface area contributed by atoms with Gasteiger partial charge in [0.2, 0.25) is 11.0 Å². The molecule has 2 aromatic rings.